The molecule has 6 heteroatoms. The topological polar surface area (TPSA) is 99.4 Å². The fraction of sp³-hybridized carbons (Fsp3) is 0.250. The molecule has 0 radical (unpaired) electrons. The van der Waals surface area contributed by atoms with Crippen LogP contribution in [0, 0.1) is 0 Å². The Kier molecular flexibility index (Phi) is 11.1. The molecule has 7 rings (SSSR count). The smallest absolute Gasteiger partial charge is 0.126 e. The van der Waals surface area contributed by atoms with E-state index < -0.39 is 0 Å². The third-order valence-corrected chi connectivity index (χ3v) is 10.4. The Morgan fingerprint density at radius 1 is 0.333 bits per heavy atom. The van der Waals surface area contributed by atoms with Gasteiger partial charge in [-0.25, -0.2) is 0 Å². The molecule has 0 fully saturated rings. The van der Waals surface area contributed by atoms with Crippen LogP contribution in [0.1, 0.15) is 93.5 Å². The number of fused-ring (bicyclic) bond motifs is 12. The molecule has 4 N–H and O–H groups in total. The van der Waals surface area contributed by atoms with E-state index >= 15 is 0 Å². The predicted molar refractivity (Wildman–Crippen MR) is 214 cm³/mol. The Balaban J connectivity index is 1.37. The Labute approximate surface area is 317 Å². The minimum absolute atomic E-state index is 0.198. The van der Waals surface area contributed by atoms with Crippen molar-refractivity contribution >= 4 is 0 Å². The van der Waals surface area contributed by atoms with Crippen molar-refractivity contribution in [2.24, 2.45) is 0 Å². The molecule has 0 aromatic heterocycles. The summed E-state index contributed by atoms with van der Waals surface area (Å²) in [5, 5.41) is 46.6. The van der Waals surface area contributed by atoms with Crippen LogP contribution in [0.5, 0.6) is 34.5 Å². The number of benzene rings is 6. The zero-order chi connectivity index (χ0) is 37.6. The standard InChI is InChI=1S/C48H48O6/c1-3-23-53-47-39-19-9-20-40(47)28-36-16-6-12-32(44(36)50)26-34-14-8-18-38(46(34)52)30-42-22-10-21-41(48(42)54-24-4-2)29-37-17-7-13-33(45(37)51)25-31-11-5-15-35(27-39)43(31)49/h5-22,49-52H,3-4,23-30H2,1-2H3. The molecule has 6 nitrogen and oxygen atoms in total. The van der Waals surface area contributed by atoms with E-state index in [0.717, 1.165) is 91.1 Å². The maximum Gasteiger partial charge on any atom is 0.126 e. The van der Waals surface area contributed by atoms with Crippen LogP contribution in [-0.2, 0) is 38.5 Å². The number of para-hydroxylation sites is 6. The predicted octanol–water partition coefficient (Wildman–Crippen LogP) is 9.94. The SMILES string of the molecule is CCCOc1c2cccc1Cc1cccc(c1O)Cc1cccc(c1O)Cc1cccc(c1OCCC)Cc1cccc(c1O)Cc1cccc(c1O)C2. The van der Waals surface area contributed by atoms with Crippen LogP contribution in [0.25, 0.3) is 0 Å². The Bertz CT molecular complexity index is 1970. The summed E-state index contributed by atoms with van der Waals surface area (Å²) in [6.07, 6.45) is 4.13. The van der Waals surface area contributed by atoms with Crippen LogP contribution >= 0.6 is 0 Å². The molecule has 0 heterocycles. The van der Waals surface area contributed by atoms with Gasteiger partial charge < -0.3 is 29.9 Å². The maximum atomic E-state index is 11.7. The number of rotatable bonds is 6. The maximum absolute atomic E-state index is 11.7. The Morgan fingerprint density at radius 2 is 0.519 bits per heavy atom. The van der Waals surface area contributed by atoms with Crippen LogP contribution in [0.15, 0.2) is 109 Å². The fourth-order valence-corrected chi connectivity index (χ4v) is 7.56. The molecule has 6 aromatic rings. The molecular weight excluding hydrogens is 673 g/mol. The van der Waals surface area contributed by atoms with E-state index in [-0.39, 0.29) is 23.0 Å². The lowest BCUT2D eigenvalue weighted by molar-refractivity contribution is 0.311. The summed E-state index contributed by atoms with van der Waals surface area (Å²) >= 11 is 0. The summed E-state index contributed by atoms with van der Waals surface area (Å²) in [6.45, 7) is 5.20. The molecule has 0 unspecified atom stereocenters. The van der Waals surface area contributed by atoms with Crippen LogP contribution in [0.4, 0.5) is 0 Å². The van der Waals surface area contributed by atoms with E-state index in [9.17, 15) is 20.4 Å². The fourth-order valence-electron chi connectivity index (χ4n) is 7.56. The summed E-state index contributed by atoms with van der Waals surface area (Å²) in [5.41, 5.74) is 9.69. The van der Waals surface area contributed by atoms with Gasteiger partial charge in [0.25, 0.3) is 0 Å². The van der Waals surface area contributed by atoms with Crippen LogP contribution in [0.2, 0.25) is 0 Å². The van der Waals surface area contributed by atoms with Gasteiger partial charge >= 0.3 is 0 Å². The second-order valence-corrected chi connectivity index (χ2v) is 14.3. The lowest BCUT2D eigenvalue weighted by Gasteiger charge is -2.19. The first-order valence-electron chi connectivity index (χ1n) is 19.0. The van der Waals surface area contributed by atoms with E-state index in [0.29, 0.717) is 51.7 Å². The molecule has 6 aromatic carbocycles. The summed E-state index contributed by atoms with van der Waals surface area (Å²) in [7, 11) is 0. The lowest BCUT2D eigenvalue weighted by Crippen LogP contribution is -2.05. The summed E-state index contributed by atoms with van der Waals surface area (Å²) in [6, 6.07) is 35.2. The van der Waals surface area contributed by atoms with Gasteiger partial charge in [0.05, 0.1) is 13.2 Å². The molecule has 0 saturated heterocycles. The summed E-state index contributed by atoms with van der Waals surface area (Å²) in [5.74, 6) is 2.30. The summed E-state index contributed by atoms with van der Waals surface area (Å²) < 4.78 is 12.8. The van der Waals surface area contributed by atoms with Crippen molar-refractivity contribution in [3.63, 3.8) is 0 Å². The minimum atomic E-state index is 0.198. The van der Waals surface area contributed by atoms with E-state index in [1.165, 1.54) is 0 Å². The quantitative estimate of drug-likeness (QED) is 0.137. The molecule has 1 aliphatic rings. The molecular formula is C48H48O6. The molecule has 0 aliphatic heterocycles. The first-order chi connectivity index (χ1) is 26.3. The normalized spacial score (nSPS) is 12.8. The van der Waals surface area contributed by atoms with E-state index in [1.54, 1.807) is 0 Å². The number of aromatic hydroxyl groups is 4. The summed E-state index contributed by atoms with van der Waals surface area (Å²) in [4.78, 5) is 0. The molecule has 0 atom stereocenters. The zero-order valence-corrected chi connectivity index (χ0v) is 31.1. The van der Waals surface area contributed by atoms with Gasteiger partial charge in [0, 0.05) is 38.5 Å². The van der Waals surface area contributed by atoms with E-state index in [4.69, 9.17) is 9.47 Å². The van der Waals surface area contributed by atoms with Gasteiger partial charge in [-0.2, -0.15) is 0 Å². The van der Waals surface area contributed by atoms with Crippen molar-refractivity contribution in [1.82, 2.24) is 0 Å². The molecule has 0 amide bonds. The zero-order valence-electron chi connectivity index (χ0n) is 31.1. The first-order valence-corrected chi connectivity index (χ1v) is 19.0. The second kappa shape index (κ2) is 16.4. The van der Waals surface area contributed by atoms with Gasteiger partial charge in [-0.05, 0) is 79.6 Å². The van der Waals surface area contributed by atoms with Crippen molar-refractivity contribution in [1.29, 1.82) is 0 Å². The van der Waals surface area contributed by atoms with Crippen molar-refractivity contribution in [2.45, 2.75) is 65.2 Å². The Hall–Kier alpha value is -5.88. The van der Waals surface area contributed by atoms with Gasteiger partial charge in [-0.1, -0.05) is 123 Å². The third-order valence-electron chi connectivity index (χ3n) is 10.4. The van der Waals surface area contributed by atoms with Gasteiger partial charge in [-0.3, -0.25) is 0 Å². The largest absolute Gasteiger partial charge is 0.507 e. The number of hydrogen-bond acceptors (Lipinski definition) is 6. The average Bonchev–Trinajstić information content (AvgIpc) is 3.17. The van der Waals surface area contributed by atoms with Gasteiger partial charge in [0.2, 0.25) is 0 Å². The monoisotopic (exact) mass is 720 g/mol. The lowest BCUT2D eigenvalue weighted by atomic mass is 9.91. The van der Waals surface area contributed by atoms with Crippen LogP contribution in [0.3, 0.4) is 0 Å². The highest BCUT2D eigenvalue weighted by Crippen LogP contribution is 2.39. The van der Waals surface area contributed by atoms with Crippen molar-refractivity contribution in [3.05, 3.63) is 176 Å². The van der Waals surface area contributed by atoms with Crippen molar-refractivity contribution < 1.29 is 29.9 Å². The molecule has 1 aliphatic carbocycles. The van der Waals surface area contributed by atoms with E-state index in [1.807, 2.05) is 109 Å². The highest BCUT2D eigenvalue weighted by molar-refractivity contribution is 5.56. The van der Waals surface area contributed by atoms with Gasteiger partial charge in [0.1, 0.15) is 34.5 Å². The molecule has 0 spiro atoms. The van der Waals surface area contributed by atoms with Crippen molar-refractivity contribution in [2.75, 3.05) is 13.2 Å². The molecule has 0 saturated carbocycles. The number of phenols is 4. The highest BCUT2D eigenvalue weighted by atomic mass is 16.5. The van der Waals surface area contributed by atoms with Crippen molar-refractivity contribution in [3.8, 4) is 34.5 Å². The van der Waals surface area contributed by atoms with Crippen LogP contribution in [-0.4, -0.2) is 33.6 Å². The number of hydrogen-bond donors (Lipinski definition) is 4. The first kappa shape index (κ1) is 36.5. The van der Waals surface area contributed by atoms with Crippen LogP contribution < -0.4 is 9.47 Å². The number of phenolic OH excluding ortho intramolecular Hbond substituents is 4. The molecule has 276 valence electrons. The van der Waals surface area contributed by atoms with Gasteiger partial charge in [0.15, 0.2) is 0 Å². The average molecular weight is 721 g/mol. The minimum Gasteiger partial charge on any atom is -0.507 e. The Morgan fingerprint density at radius 3 is 0.722 bits per heavy atom. The second-order valence-electron chi connectivity index (χ2n) is 14.3. The molecule has 54 heavy (non-hydrogen) atoms. The molecule has 12 bridgehead atoms. The number of ether oxygens (including phenoxy) is 2. The highest BCUT2D eigenvalue weighted by Gasteiger charge is 2.20. The third kappa shape index (κ3) is 7.74. The van der Waals surface area contributed by atoms with E-state index in [2.05, 4.69) is 13.8 Å². The van der Waals surface area contributed by atoms with Gasteiger partial charge in [-0.15, -0.1) is 0 Å².